The summed E-state index contributed by atoms with van der Waals surface area (Å²) < 4.78 is 5.55. The summed E-state index contributed by atoms with van der Waals surface area (Å²) in [4.78, 5) is 0. The summed E-state index contributed by atoms with van der Waals surface area (Å²) in [7, 11) is 0. The quantitative estimate of drug-likeness (QED) is 0.230. The zero-order chi connectivity index (χ0) is 18.9. The number of thioether (sulfide) groups is 1. The van der Waals surface area contributed by atoms with Crippen LogP contribution in [-0.4, -0.2) is 24.2 Å². The maximum atomic E-state index is 5.55. The maximum absolute atomic E-state index is 5.55. The third-order valence-electron chi connectivity index (χ3n) is 4.55. The van der Waals surface area contributed by atoms with Crippen LogP contribution in [0.15, 0.2) is 24.3 Å². The molecule has 0 saturated heterocycles. The average molecular weight is 375 g/mol. The van der Waals surface area contributed by atoms with E-state index in [9.17, 15) is 0 Å². The number of hydrogen-bond acceptors (Lipinski definition) is 2. The lowest BCUT2D eigenvalue weighted by molar-refractivity contribution is 0.0920. The number of rotatable bonds is 16. The van der Waals surface area contributed by atoms with Crippen LogP contribution in [0.4, 0.5) is 0 Å². The lowest BCUT2D eigenvalue weighted by Crippen LogP contribution is -2.05. The van der Waals surface area contributed by atoms with Gasteiger partial charge in [-0.2, -0.15) is 11.8 Å². The van der Waals surface area contributed by atoms with Crippen LogP contribution in [0.2, 0.25) is 0 Å². The van der Waals surface area contributed by atoms with Gasteiger partial charge in [0.1, 0.15) is 0 Å². The van der Waals surface area contributed by atoms with Crippen LogP contribution >= 0.6 is 11.8 Å². The largest absolute Gasteiger partial charge is 0.378 e. The molecule has 0 saturated carbocycles. The Morgan fingerprint density at radius 1 is 0.846 bits per heavy atom. The Bertz CT molecular complexity index is 472. The first-order valence-corrected chi connectivity index (χ1v) is 11.6. The van der Waals surface area contributed by atoms with Crippen molar-refractivity contribution in [3.8, 4) is 12.3 Å². The Hall–Kier alpha value is -0.910. The van der Waals surface area contributed by atoms with Gasteiger partial charge in [-0.15, -0.1) is 6.42 Å². The van der Waals surface area contributed by atoms with Crippen LogP contribution < -0.4 is 0 Å². The summed E-state index contributed by atoms with van der Waals surface area (Å²) >= 11 is 2.04. The first-order valence-electron chi connectivity index (χ1n) is 10.5. The van der Waals surface area contributed by atoms with Gasteiger partial charge < -0.3 is 4.74 Å². The fourth-order valence-corrected chi connectivity index (χ4v) is 3.81. The van der Waals surface area contributed by atoms with Gasteiger partial charge in [-0.3, -0.25) is 0 Å². The molecule has 0 aliphatic rings. The van der Waals surface area contributed by atoms with Crippen LogP contribution in [0, 0.1) is 12.3 Å². The van der Waals surface area contributed by atoms with Crippen molar-refractivity contribution in [2.75, 3.05) is 18.1 Å². The maximum Gasteiger partial charge on any atom is 0.0560 e. The normalized spacial score (nSPS) is 11.0. The number of unbranched alkanes of at least 4 members (excludes halogenated alkanes) is 8. The molecule has 0 spiro atoms. The smallest absolute Gasteiger partial charge is 0.0560 e. The number of benzene rings is 1. The van der Waals surface area contributed by atoms with Gasteiger partial charge >= 0.3 is 0 Å². The van der Waals surface area contributed by atoms with E-state index < -0.39 is 0 Å². The van der Waals surface area contributed by atoms with Crippen molar-refractivity contribution in [3.05, 3.63) is 35.4 Å². The van der Waals surface area contributed by atoms with E-state index in [0.717, 1.165) is 17.9 Å². The van der Waals surface area contributed by atoms with Gasteiger partial charge in [0.15, 0.2) is 0 Å². The second-order valence-corrected chi connectivity index (χ2v) is 8.53. The highest BCUT2D eigenvalue weighted by molar-refractivity contribution is 7.99. The van der Waals surface area contributed by atoms with E-state index >= 15 is 0 Å². The second-order valence-electron chi connectivity index (χ2n) is 7.31. The molecule has 0 aliphatic heterocycles. The fraction of sp³-hybridized carbons (Fsp3) is 0.667. The molecule has 146 valence electrons. The van der Waals surface area contributed by atoms with Crippen LogP contribution in [0.3, 0.4) is 0 Å². The average Bonchev–Trinajstić information content (AvgIpc) is 2.65. The highest BCUT2D eigenvalue weighted by atomic mass is 32.2. The van der Waals surface area contributed by atoms with E-state index in [1.807, 2.05) is 23.9 Å². The molecule has 0 unspecified atom stereocenters. The third-order valence-corrected chi connectivity index (χ3v) is 5.59. The van der Waals surface area contributed by atoms with E-state index in [1.165, 1.54) is 75.5 Å². The number of aryl methyl sites for hydroxylation is 1. The van der Waals surface area contributed by atoms with E-state index in [1.54, 1.807) is 0 Å². The van der Waals surface area contributed by atoms with E-state index in [2.05, 4.69) is 31.9 Å². The summed E-state index contributed by atoms with van der Waals surface area (Å²) in [6.07, 6.45) is 19.4. The molecule has 2 heteroatoms. The van der Waals surface area contributed by atoms with Crippen molar-refractivity contribution < 1.29 is 4.74 Å². The van der Waals surface area contributed by atoms with Crippen molar-refractivity contribution in [1.29, 1.82) is 0 Å². The van der Waals surface area contributed by atoms with Gasteiger partial charge in [0.05, 0.1) is 12.7 Å². The zero-order valence-corrected chi connectivity index (χ0v) is 17.8. The lowest BCUT2D eigenvalue weighted by atomic mass is 10.0. The summed E-state index contributed by atoms with van der Waals surface area (Å²) in [5.74, 6) is 5.11. The highest BCUT2D eigenvalue weighted by Gasteiger charge is 1.97. The van der Waals surface area contributed by atoms with Gasteiger partial charge in [-0.25, -0.2) is 0 Å². The summed E-state index contributed by atoms with van der Waals surface area (Å²) in [6, 6.07) is 8.44. The van der Waals surface area contributed by atoms with Gasteiger partial charge in [0, 0.05) is 11.3 Å². The molecule has 0 fully saturated rings. The summed E-state index contributed by atoms with van der Waals surface area (Å²) in [5, 5.41) is 0. The Kier molecular flexibility index (Phi) is 14.5. The fourth-order valence-electron chi connectivity index (χ4n) is 2.98. The van der Waals surface area contributed by atoms with E-state index in [4.69, 9.17) is 11.2 Å². The molecule has 1 aromatic rings. The van der Waals surface area contributed by atoms with Crippen molar-refractivity contribution in [3.63, 3.8) is 0 Å². The van der Waals surface area contributed by atoms with Gasteiger partial charge in [-0.05, 0) is 56.6 Å². The molecule has 1 nitrogen and oxygen atoms in total. The Labute approximate surface area is 166 Å². The van der Waals surface area contributed by atoms with Crippen molar-refractivity contribution in [2.24, 2.45) is 0 Å². The predicted molar refractivity (Wildman–Crippen MR) is 118 cm³/mol. The minimum Gasteiger partial charge on any atom is -0.378 e. The van der Waals surface area contributed by atoms with Crippen LogP contribution in [0.5, 0.6) is 0 Å². The summed E-state index contributed by atoms with van der Waals surface area (Å²) in [5.41, 5.74) is 2.39. The standard InChI is InChI=1S/C24H38OS/c1-4-23-15-17-24(18-16-23)14-12-10-8-6-5-7-9-11-13-20-26-21-19-25-22(2)3/h1,15-18,22H,5-14,19-21H2,2-3H3. The SMILES string of the molecule is C#Cc1ccc(CCCCCCCCCCCSCCOC(C)C)cc1. The van der Waals surface area contributed by atoms with Gasteiger partial charge in [0.2, 0.25) is 0 Å². The second kappa shape index (κ2) is 16.3. The molecule has 26 heavy (non-hydrogen) atoms. The molecule has 0 heterocycles. The molecule has 1 rings (SSSR count). The van der Waals surface area contributed by atoms with Crippen LogP contribution in [-0.2, 0) is 11.2 Å². The first kappa shape index (κ1) is 23.1. The molecular weight excluding hydrogens is 336 g/mol. The number of ether oxygens (including phenoxy) is 1. The Balaban J connectivity index is 1.79. The van der Waals surface area contributed by atoms with Gasteiger partial charge in [0.25, 0.3) is 0 Å². The molecule has 0 amide bonds. The number of hydrogen-bond donors (Lipinski definition) is 0. The molecule has 0 atom stereocenters. The molecular formula is C24H38OS. The van der Waals surface area contributed by atoms with Crippen molar-refractivity contribution in [1.82, 2.24) is 0 Å². The molecule has 0 N–H and O–H groups in total. The topological polar surface area (TPSA) is 9.23 Å². The molecule has 0 aromatic heterocycles. The van der Waals surface area contributed by atoms with Crippen molar-refractivity contribution in [2.45, 2.75) is 84.2 Å². The van der Waals surface area contributed by atoms with Crippen LogP contribution in [0.1, 0.15) is 82.8 Å². The Morgan fingerprint density at radius 2 is 1.42 bits per heavy atom. The number of terminal acetylenes is 1. The summed E-state index contributed by atoms with van der Waals surface area (Å²) in [6.45, 7) is 5.10. The van der Waals surface area contributed by atoms with E-state index in [0.29, 0.717) is 6.10 Å². The molecule has 0 radical (unpaired) electrons. The Morgan fingerprint density at radius 3 is 2.00 bits per heavy atom. The minimum atomic E-state index is 0.371. The minimum absolute atomic E-state index is 0.371. The van der Waals surface area contributed by atoms with E-state index in [-0.39, 0.29) is 0 Å². The molecule has 0 aliphatic carbocycles. The lowest BCUT2D eigenvalue weighted by Gasteiger charge is -2.07. The molecule has 0 bridgehead atoms. The zero-order valence-electron chi connectivity index (χ0n) is 17.0. The first-order chi connectivity index (χ1) is 12.7. The van der Waals surface area contributed by atoms with Crippen LogP contribution in [0.25, 0.3) is 0 Å². The highest BCUT2D eigenvalue weighted by Crippen LogP contribution is 2.13. The molecule has 1 aromatic carbocycles. The monoisotopic (exact) mass is 374 g/mol. The van der Waals surface area contributed by atoms with Crippen molar-refractivity contribution >= 4 is 11.8 Å². The van der Waals surface area contributed by atoms with Gasteiger partial charge in [-0.1, -0.05) is 63.0 Å². The third kappa shape index (κ3) is 13.3. The predicted octanol–water partition coefficient (Wildman–Crippen LogP) is 6.88.